The van der Waals surface area contributed by atoms with Gasteiger partial charge in [-0.1, -0.05) is 17.5 Å². The number of benzene rings is 1. The first-order valence-electron chi connectivity index (χ1n) is 5.67. The summed E-state index contributed by atoms with van der Waals surface area (Å²) in [6.07, 6.45) is 5.08. The number of halogens is 2. The van der Waals surface area contributed by atoms with Gasteiger partial charge >= 0.3 is 5.69 Å². The van der Waals surface area contributed by atoms with Crippen molar-refractivity contribution in [2.45, 2.75) is 13.5 Å². The van der Waals surface area contributed by atoms with Crippen LogP contribution in [0.3, 0.4) is 0 Å². The Labute approximate surface area is 118 Å². The number of aryl methyl sites for hydroxylation is 1. The number of ether oxygens (including phenoxy) is 1. The maximum absolute atomic E-state index is 13.9. The average molecular weight is 297 g/mol. The molecule has 0 saturated carbocycles. The molecule has 2 aromatic rings. The molecular weight excluding hydrogens is 287 g/mol. The van der Waals surface area contributed by atoms with E-state index < -0.39 is 11.5 Å². The van der Waals surface area contributed by atoms with Gasteiger partial charge in [-0.3, -0.25) is 0 Å². The topological polar surface area (TPSA) is 61.9 Å². The Kier molecular flexibility index (Phi) is 4.05. The molecule has 0 aliphatic heterocycles. The van der Waals surface area contributed by atoms with Gasteiger partial charge in [0, 0.05) is 12.6 Å². The summed E-state index contributed by atoms with van der Waals surface area (Å²) in [6, 6.07) is 2.28. The first kappa shape index (κ1) is 14.1. The molecule has 0 bridgehead atoms. The molecule has 104 valence electrons. The normalized spacial score (nSPS) is 10.3. The summed E-state index contributed by atoms with van der Waals surface area (Å²) in [5, 5.41) is 7.27. The number of hydrogen-bond acceptors (Lipinski definition) is 4. The number of hydrogen-bond donors (Lipinski definition) is 0. The van der Waals surface area contributed by atoms with Gasteiger partial charge in [0.05, 0.1) is 5.02 Å². The summed E-state index contributed by atoms with van der Waals surface area (Å²) in [7, 11) is 0. The van der Waals surface area contributed by atoms with E-state index in [-0.39, 0.29) is 23.1 Å². The van der Waals surface area contributed by atoms with Gasteiger partial charge in [0.2, 0.25) is 0 Å². The molecule has 0 N–H and O–H groups in total. The minimum absolute atomic E-state index is 0.0264. The van der Waals surface area contributed by atoms with E-state index in [0.717, 1.165) is 15.4 Å². The van der Waals surface area contributed by atoms with Crippen LogP contribution in [0.5, 0.6) is 5.75 Å². The van der Waals surface area contributed by atoms with Crippen molar-refractivity contribution in [3.63, 3.8) is 0 Å². The summed E-state index contributed by atoms with van der Waals surface area (Å²) in [5.74, 6) is 1.72. The molecule has 0 atom stereocenters. The SMILES string of the molecule is C#CCOc1cc(-n2nnn(CC)c2=O)c(F)cc1Cl. The number of rotatable bonds is 4. The zero-order valence-electron chi connectivity index (χ0n) is 10.5. The van der Waals surface area contributed by atoms with Crippen LogP contribution in [0.25, 0.3) is 5.69 Å². The molecular formula is C12H10ClFN4O2. The molecule has 0 fully saturated rings. The van der Waals surface area contributed by atoms with Gasteiger partial charge in [-0.05, 0) is 23.4 Å². The molecule has 1 aromatic carbocycles. The van der Waals surface area contributed by atoms with Crippen molar-refractivity contribution in [2.75, 3.05) is 6.61 Å². The lowest BCUT2D eigenvalue weighted by atomic mass is 10.3. The van der Waals surface area contributed by atoms with Crippen LogP contribution in [-0.2, 0) is 6.54 Å². The van der Waals surface area contributed by atoms with Gasteiger partial charge in [-0.25, -0.2) is 9.18 Å². The van der Waals surface area contributed by atoms with Gasteiger partial charge in [-0.2, -0.15) is 9.36 Å². The number of aromatic nitrogens is 4. The summed E-state index contributed by atoms with van der Waals surface area (Å²) < 4.78 is 21.0. The second kappa shape index (κ2) is 5.75. The number of nitrogens with zero attached hydrogens (tertiary/aromatic N) is 4. The molecule has 20 heavy (non-hydrogen) atoms. The smallest absolute Gasteiger partial charge is 0.368 e. The second-order valence-electron chi connectivity index (χ2n) is 3.72. The largest absolute Gasteiger partial charge is 0.479 e. The van der Waals surface area contributed by atoms with E-state index in [4.69, 9.17) is 22.8 Å². The monoisotopic (exact) mass is 296 g/mol. The van der Waals surface area contributed by atoms with Crippen LogP contribution in [0.1, 0.15) is 6.92 Å². The molecule has 1 aromatic heterocycles. The highest BCUT2D eigenvalue weighted by molar-refractivity contribution is 6.32. The maximum atomic E-state index is 13.9. The molecule has 0 unspecified atom stereocenters. The third-order valence-corrected chi connectivity index (χ3v) is 2.77. The standard InChI is InChI=1S/C12H10ClFN4O2/c1-3-5-20-11-7-10(9(14)6-8(11)13)18-12(19)17(4-2)15-16-18/h1,6-7H,4-5H2,2H3. The number of terminal acetylenes is 1. The lowest BCUT2D eigenvalue weighted by Gasteiger charge is -2.08. The van der Waals surface area contributed by atoms with Crippen molar-refractivity contribution in [1.82, 2.24) is 19.8 Å². The molecule has 8 heteroatoms. The van der Waals surface area contributed by atoms with Crippen molar-refractivity contribution in [3.8, 4) is 23.8 Å². The van der Waals surface area contributed by atoms with E-state index in [1.807, 2.05) is 0 Å². The highest BCUT2D eigenvalue weighted by Crippen LogP contribution is 2.28. The molecule has 0 aliphatic carbocycles. The zero-order valence-corrected chi connectivity index (χ0v) is 11.3. The molecule has 2 rings (SSSR count). The lowest BCUT2D eigenvalue weighted by molar-refractivity contribution is 0.369. The Morgan fingerprint density at radius 2 is 2.25 bits per heavy atom. The summed E-state index contributed by atoms with van der Waals surface area (Å²) in [4.78, 5) is 11.9. The quantitative estimate of drug-likeness (QED) is 0.797. The predicted octanol–water partition coefficient (Wildman–Crippen LogP) is 1.25. The molecule has 0 radical (unpaired) electrons. The summed E-state index contributed by atoms with van der Waals surface area (Å²) in [5.41, 5.74) is -0.664. The van der Waals surface area contributed by atoms with Gasteiger partial charge in [0.1, 0.15) is 18.0 Å². The Hall–Kier alpha value is -2.33. The van der Waals surface area contributed by atoms with E-state index in [1.54, 1.807) is 6.92 Å². The maximum Gasteiger partial charge on any atom is 0.368 e. The summed E-state index contributed by atoms with van der Waals surface area (Å²) in [6.45, 7) is 2.02. The van der Waals surface area contributed by atoms with Crippen molar-refractivity contribution < 1.29 is 9.13 Å². The van der Waals surface area contributed by atoms with E-state index in [2.05, 4.69) is 16.3 Å². The molecule has 1 heterocycles. The van der Waals surface area contributed by atoms with Crippen LogP contribution in [0.4, 0.5) is 4.39 Å². The van der Waals surface area contributed by atoms with Crippen molar-refractivity contribution in [2.24, 2.45) is 0 Å². The highest BCUT2D eigenvalue weighted by Gasteiger charge is 2.16. The fourth-order valence-corrected chi connectivity index (χ4v) is 1.74. The molecule has 0 spiro atoms. The third-order valence-electron chi connectivity index (χ3n) is 2.48. The lowest BCUT2D eigenvalue weighted by Crippen LogP contribution is -2.24. The Morgan fingerprint density at radius 3 is 2.85 bits per heavy atom. The van der Waals surface area contributed by atoms with Crippen LogP contribution in [0.2, 0.25) is 5.02 Å². The van der Waals surface area contributed by atoms with E-state index >= 15 is 0 Å². The van der Waals surface area contributed by atoms with Gasteiger partial charge < -0.3 is 4.74 Å². The predicted molar refractivity (Wildman–Crippen MR) is 70.6 cm³/mol. The van der Waals surface area contributed by atoms with Crippen LogP contribution in [0, 0.1) is 18.2 Å². The third kappa shape index (κ3) is 2.51. The average Bonchev–Trinajstić information content (AvgIpc) is 2.79. The highest BCUT2D eigenvalue weighted by atomic mass is 35.5. The second-order valence-corrected chi connectivity index (χ2v) is 4.12. The summed E-state index contributed by atoms with van der Waals surface area (Å²) >= 11 is 5.83. The van der Waals surface area contributed by atoms with Gasteiger partial charge in [0.15, 0.2) is 5.82 Å². The van der Waals surface area contributed by atoms with Gasteiger partial charge in [-0.15, -0.1) is 6.42 Å². The van der Waals surface area contributed by atoms with Gasteiger partial charge in [0.25, 0.3) is 0 Å². The fourth-order valence-electron chi connectivity index (χ4n) is 1.53. The Balaban J connectivity index is 2.53. The van der Waals surface area contributed by atoms with Crippen molar-refractivity contribution in [3.05, 3.63) is 33.5 Å². The first-order chi connectivity index (χ1) is 9.58. The Morgan fingerprint density at radius 1 is 1.50 bits per heavy atom. The minimum Gasteiger partial charge on any atom is -0.479 e. The molecule has 6 nitrogen and oxygen atoms in total. The Bertz CT molecular complexity index is 732. The van der Waals surface area contributed by atoms with Crippen LogP contribution in [-0.4, -0.2) is 26.4 Å². The van der Waals surface area contributed by atoms with E-state index in [1.165, 1.54) is 6.07 Å². The van der Waals surface area contributed by atoms with Crippen LogP contribution < -0.4 is 10.4 Å². The minimum atomic E-state index is -0.715. The molecule has 0 saturated heterocycles. The van der Waals surface area contributed by atoms with Crippen molar-refractivity contribution in [1.29, 1.82) is 0 Å². The molecule has 0 aliphatic rings. The zero-order chi connectivity index (χ0) is 14.7. The number of tetrazole rings is 1. The van der Waals surface area contributed by atoms with Crippen molar-refractivity contribution >= 4 is 11.6 Å². The van der Waals surface area contributed by atoms with Crippen LogP contribution in [0.15, 0.2) is 16.9 Å². The fraction of sp³-hybridized carbons (Fsp3) is 0.250. The first-order valence-corrected chi connectivity index (χ1v) is 6.04. The van der Waals surface area contributed by atoms with E-state index in [0.29, 0.717) is 6.54 Å². The van der Waals surface area contributed by atoms with E-state index in [9.17, 15) is 9.18 Å². The van der Waals surface area contributed by atoms with Crippen LogP contribution >= 0.6 is 11.6 Å². The molecule has 0 amide bonds.